The van der Waals surface area contributed by atoms with Gasteiger partial charge in [0, 0.05) is 11.8 Å². The largest absolute Gasteiger partial charge is 0.296 e. The molecule has 0 radical (unpaired) electrons. The number of carbonyl (C=O) groups is 2. The lowest BCUT2D eigenvalue weighted by Crippen LogP contribution is -2.34. The molecular formula is C16H21NO2. The van der Waals surface area contributed by atoms with Gasteiger partial charge >= 0.3 is 0 Å². The van der Waals surface area contributed by atoms with E-state index in [9.17, 15) is 9.59 Å². The lowest BCUT2D eigenvalue weighted by atomic mass is 9.72. The summed E-state index contributed by atoms with van der Waals surface area (Å²) in [4.78, 5) is 23.2. The molecule has 0 bridgehead atoms. The second kappa shape index (κ2) is 4.80. The maximum atomic E-state index is 11.8. The summed E-state index contributed by atoms with van der Waals surface area (Å²) in [6.07, 6.45) is 0.289. The molecule has 1 atom stereocenters. The van der Waals surface area contributed by atoms with E-state index in [0.717, 1.165) is 5.56 Å². The molecule has 19 heavy (non-hydrogen) atoms. The number of carbonyl (C=O) groups excluding carboxylic acids is 2. The topological polar surface area (TPSA) is 46.2 Å². The van der Waals surface area contributed by atoms with Gasteiger partial charge in [-0.25, -0.2) is 0 Å². The first-order valence-electron chi connectivity index (χ1n) is 6.76. The molecule has 2 amide bonds. The van der Waals surface area contributed by atoms with Gasteiger partial charge < -0.3 is 0 Å². The first kappa shape index (κ1) is 13.8. The third kappa shape index (κ3) is 2.55. The van der Waals surface area contributed by atoms with Gasteiger partial charge in [-0.2, -0.15) is 0 Å². The van der Waals surface area contributed by atoms with Crippen LogP contribution in [0.15, 0.2) is 24.3 Å². The van der Waals surface area contributed by atoms with Crippen LogP contribution in [0.3, 0.4) is 0 Å². The van der Waals surface area contributed by atoms with Crippen LogP contribution >= 0.6 is 0 Å². The predicted molar refractivity (Wildman–Crippen MR) is 74.8 cm³/mol. The average Bonchev–Trinajstić information content (AvgIpc) is 2.69. The van der Waals surface area contributed by atoms with E-state index in [0.29, 0.717) is 5.92 Å². The molecule has 0 spiro atoms. The Morgan fingerprint density at radius 1 is 1.16 bits per heavy atom. The molecule has 1 fully saturated rings. The summed E-state index contributed by atoms with van der Waals surface area (Å²) in [6, 6.07) is 8.36. The number of imide groups is 1. The Morgan fingerprint density at radius 2 is 1.74 bits per heavy atom. The Morgan fingerprint density at radius 3 is 2.16 bits per heavy atom. The fraction of sp³-hybridized carbons (Fsp3) is 0.500. The number of hydrogen-bond donors (Lipinski definition) is 1. The van der Waals surface area contributed by atoms with E-state index in [2.05, 4.69) is 43.4 Å². The number of rotatable bonds is 3. The van der Waals surface area contributed by atoms with Crippen LogP contribution in [0, 0.1) is 5.92 Å². The Kier molecular flexibility index (Phi) is 3.48. The summed E-state index contributed by atoms with van der Waals surface area (Å²) < 4.78 is 0. The lowest BCUT2D eigenvalue weighted by Gasteiger charge is -2.30. The number of amides is 2. The van der Waals surface area contributed by atoms with Crippen LogP contribution in [0.1, 0.15) is 51.2 Å². The van der Waals surface area contributed by atoms with Gasteiger partial charge in [-0.1, -0.05) is 52.0 Å². The third-order valence-corrected chi connectivity index (χ3v) is 4.16. The van der Waals surface area contributed by atoms with Gasteiger partial charge in [0.05, 0.1) is 5.92 Å². The molecule has 1 heterocycles. The van der Waals surface area contributed by atoms with Gasteiger partial charge in [0.25, 0.3) is 0 Å². The van der Waals surface area contributed by atoms with Crippen LogP contribution in [0.2, 0.25) is 0 Å². The molecule has 1 aliphatic rings. The molecule has 3 heteroatoms. The normalized spacial score (nSPS) is 19.9. The Balaban J connectivity index is 2.28. The molecule has 1 aromatic carbocycles. The molecule has 0 saturated carbocycles. The zero-order chi connectivity index (χ0) is 14.2. The van der Waals surface area contributed by atoms with E-state index >= 15 is 0 Å². The van der Waals surface area contributed by atoms with E-state index in [-0.39, 0.29) is 29.6 Å². The van der Waals surface area contributed by atoms with Crippen molar-refractivity contribution in [2.45, 2.75) is 45.4 Å². The van der Waals surface area contributed by atoms with Crippen LogP contribution in [-0.2, 0) is 15.0 Å². The van der Waals surface area contributed by atoms with Gasteiger partial charge in [-0.15, -0.1) is 0 Å². The van der Waals surface area contributed by atoms with Crippen molar-refractivity contribution in [3.8, 4) is 0 Å². The molecule has 1 N–H and O–H groups in total. The van der Waals surface area contributed by atoms with E-state index in [1.807, 2.05) is 13.8 Å². The minimum absolute atomic E-state index is 0.150. The van der Waals surface area contributed by atoms with Crippen molar-refractivity contribution >= 4 is 11.8 Å². The van der Waals surface area contributed by atoms with Gasteiger partial charge in [0.1, 0.15) is 0 Å². The van der Waals surface area contributed by atoms with Crippen molar-refractivity contribution in [2.75, 3.05) is 0 Å². The van der Waals surface area contributed by atoms with Crippen molar-refractivity contribution in [1.82, 2.24) is 5.32 Å². The van der Waals surface area contributed by atoms with E-state index in [1.54, 1.807) is 0 Å². The zero-order valence-corrected chi connectivity index (χ0v) is 12.0. The number of benzene rings is 1. The van der Waals surface area contributed by atoms with E-state index in [1.165, 1.54) is 5.56 Å². The quantitative estimate of drug-likeness (QED) is 0.848. The van der Waals surface area contributed by atoms with Crippen molar-refractivity contribution in [1.29, 1.82) is 0 Å². The third-order valence-electron chi connectivity index (χ3n) is 4.16. The zero-order valence-electron chi connectivity index (χ0n) is 12.0. The molecule has 1 unspecified atom stereocenters. The molecule has 1 aromatic rings. The summed E-state index contributed by atoms with van der Waals surface area (Å²) >= 11 is 0. The van der Waals surface area contributed by atoms with Crippen molar-refractivity contribution in [2.24, 2.45) is 5.92 Å². The lowest BCUT2D eigenvalue weighted by molar-refractivity contribution is -0.126. The number of hydrogen-bond acceptors (Lipinski definition) is 2. The van der Waals surface area contributed by atoms with Crippen LogP contribution < -0.4 is 5.32 Å². The molecule has 3 nitrogen and oxygen atoms in total. The minimum atomic E-state index is -0.328. The first-order valence-corrected chi connectivity index (χ1v) is 6.76. The molecule has 2 rings (SSSR count). The van der Waals surface area contributed by atoms with Crippen molar-refractivity contribution < 1.29 is 9.59 Å². The highest BCUT2D eigenvalue weighted by atomic mass is 16.2. The number of nitrogens with one attached hydrogen (secondary N) is 1. The summed E-state index contributed by atoms with van der Waals surface area (Å²) in [5.41, 5.74) is 2.06. The van der Waals surface area contributed by atoms with E-state index in [4.69, 9.17) is 0 Å². The van der Waals surface area contributed by atoms with Gasteiger partial charge in [0.15, 0.2) is 0 Å². The highest BCUT2D eigenvalue weighted by Crippen LogP contribution is 2.36. The summed E-state index contributed by atoms with van der Waals surface area (Å²) in [5, 5.41) is 2.39. The average molecular weight is 259 g/mol. The smallest absolute Gasteiger partial charge is 0.231 e. The van der Waals surface area contributed by atoms with Crippen molar-refractivity contribution in [3.63, 3.8) is 0 Å². The monoisotopic (exact) mass is 259 g/mol. The molecular weight excluding hydrogens is 238 g/mol. The Labute approximate surface area is 114 Å². The van der Waals surface area contributed by atoms with Crippen molar-refractivity contribution in [3.05, 3.63) is 35.4 Å². The van der Waals surface area contributed by atoms with Gasteiger partial charge in [0.2, 0.25) is 11.8 Å². The summed E-state index contributed by atoms with van der Waals surface area (Å²) in [6.45, 7) is 8.37. The maximum Gasteiger partial charge on any atom is 0.231 e. The molecule has 0 aromatic heterocycles. The van der Waals surface area contributed by atoms with Crippen LogP contribution in [0.25, 0.3) is 0 Å². The van der Waals surface area contributed by atoms with Gasteiger partial charge in [-0.3, -0.25) is 14.9 Å². The molecule has 102 valence electrons. The Bertz CT molecular complexity index is 500. The first-order chi connectivity index (χ1) is 8.82. The maximum absolute atomic E-state index is 11.8. The fourth-order valence-electron chi connectivity index (χ4n) is 2.64. The fourth-order valence-corrected chi connectivity index (χ4v) is 2.64. The second-order valence-electron chi connectivity index (χ2n) is 6.17. The molecule has 0 aliphatic carbocycles. The summed E-state index contributed by atoms with van der Waals surface area (Å²) in [5.74, 6) is -0.0942. The minimum Gasteiger partial charge on any atom is -0.296 e. The molecule has 1 saturated heterocycles. The van der Waals surface area contributed by atoms with Crippen LogP contribution in [0.5, 0.6) is 0 Å². The SMILES string of the molecule is CC(C)c1ccc(C(C)(C)C2CC(=O)NC2=O)cc1. The predicted octanol–water partition coefficient (Wildman–Crippen LogP) is 2.75. The van der Waals surface area contributed by atoms with Crippen LogP contribution in [0.4, 0.5) is 0 Å². The second-order valence-corrected chi connectivity index (χ2v) is 6.17. The Hall–Kier alpha value is -1.64. The standard InChI is InChI=1S/C16H21NO2/c1-10(2)11-5-7-12(8-6-11)16(3,4)13-9-14(18)17-15(13)19/h5-8,10,13H,9H2,1-4H3,(H,17,18,19). The highest BCUT2D eigenvalue weighted by Gasteiger charge is 2.42. The highest BCUT2D eigenvalue weighted by molar-refractivity contribution is 6.04. The molecule has 1 aliphatic heterocycles. The summed E-state index contributed by atoms with van der Waals surface area (Å²) in [7, 11) is 0. The van der Waals surface area contributed by atoms with Crippen LogP contribution in [-0.4, -0.2) is 11.8 Å². The van der Waals surface area contributed by atoms with E-state index < -0.39 is 0 Å². The van der Waals surface area contributed by atoms with Gasteiger partial charge in [-0.05, 0) is 17.0 Å².